The highest BCUT2D eigenvalue weighted by Crippen LogP contribution is 2.28. The summed E-state index contributed by atoms with van der Waals surface area (Å²) < 4.78 is 29.7. The number of piperidine rings is 1. The Labute approximate surface area is 204 Å². The number of carbonyl (C=O) groups excluding carboxylic acids is 1. The Bertz CT molecular complexity index is 1070. The molecule has 7 nitrogen and oxygen atoms in total. The molecule has 0 spiro atoms. The maximum absolute atomic E-state index is 12.4. The third kappa shape index (κ3) is 7.58. The zero-order valence-electron chi connectivity index (χ0n) is 18.3. The Morgan fingerprint density at radius 1 is 1.18 bits per heavy atom. The summed E-state index contributed by atoms with van der Waals surface area (Å²) in [7, 11) is -3.51. The number of halogens is 2. The van der Waals surface area contributed by atoms with Gasteiger partial charge in [-0.3, -0.25) is 4.79 Å². The van der Waals surface area contributed by atoms with Gasteiger partial charge < -0.3 is 20.1 Å². The molecule has 1 aliphatic rings. The number of aliphatic hydroxyl groups excluding tert-OH is 1. The van der Waals surface area contributed by atoms with E-state index in [1.807, 2.05) is 0 Å². The van der Waals surface area contributed by atoms with E-state index < -0.39 is 21.8 Å². The van der Waals surface area contributed by atoms with E-state index in [1.165, 1.54) is 12.1 Å². The minimum absolute atomic E-state index is 0.00555. The van der Waals surface area contributed by atoms with Crippen LogP contribution in [0.15, 0.2) is 47.4 Å². The second-order valence-electron chi connectivity index (χ2n) is 8.16. The molecule has 1 unspecified atom stereocenters. The third-order valence-electron chi connectivity index (χ3n) is 5.49. The molecule has 33 heavy (non-hydrogen) atoms. The molecule has 1 atom stereocenters. The second-order valence-corrected chi connectivity index (χ2v) is 11.0. The number of amides is 1. The number of hydrogen-bond donors (Lipinski definition) is 2. The van der Waals surface area contributed by atoms with E-state index in [0.29, 0.717) is 28.8 Å². The molecule has 0 radical (unpaired) electrons. The number of rotatable bonds is 9. The van der Waals surface area contributed by atoms with Crippen LogP contribution in [-0.4, -0.2) is 69.0 Å². The number of hydrogen-bond acceptors (Lipinski definition) is 6. The number of β-amino-alcohol motifs (C(OH)–C–C–N with tert-alkyl or cyclic N) is 1. The van der Waals surface area contributed by atoms with Crippen molar-refractivity contribution in [2.45, 2.75) is 36.4 Å². The molecule has 2 aromatic carbocycles. The molecule has 3 rings (SSSR count). The first-order valence-corrected chi connectivity index (χ1v) is 13.4. The normalized spacial score (nSPS) is 16.4. The van der Waals surface area contributed by atoms with Crippen LogP contribution in [0, 0.1) is 0 Å². The molecule has 1 amide bonds. The molecule has 0 saturated carbocycles. The van der Waals surface area contributed by atoms with Crippen LogP contribution in [0.4, 0.5) is 0 Å². The lowest BCUT2D eigenvalue weighted by molar-refractivity contribution is 0.0578. The molecule has 1 heterocycles. The number of ether oxygens (including phenoxy) is 1. The van der Waals surface area contributed by atoms with Gasteiger partial charge in [0.05, 0.1) is 26.6 Å². The van der Waals surface area contributed by atoms with Gasteiger partial charge >= 0.3 is 0 Å². The largest absolute Gasteiger partial charge is 0.490 e. The number of carbonyl (C=O) groups is 1. The zero-order chi connectivity index (χ0) is 24.0. The van der Waals surface area contributed by atoms with E-state index in [0.717, 1.165) is 32.2 Å². The van der Waals surface area contributed by atoms with Gasteiger partial charge in [-0.05, 0) is 43.5 Å². The molecule has 1 fully saturated rings. The summed E-state index contributed by atoms with van der Waals surface area (Å²) in [6.07, 6.45) is 2.55. The Kier molecular flexibility index (Phi) is 9.01. The van der Waals surface area contributed by atoms with Crippen molar-refractivity contribution in [3.8, 4) is 5.75 Å². The maximum atomic E-state index is 12.4. The van der Waals surface area contributed by atoms with Crippen LogP contribution in [0.5, 0.6) is 5.75 Å². The van der Waals surface area contributed by atoms with Crippen LogP contribution in [0.2, 0.25) is 10.0 Å². The van der Waals surface area contributed by atoms with Gasteiger partial charge in [0.25, 0.3) is 5.91 Å². The van der Waals surface area contributed by atoms with Crippen molar-refractivity contribution in [2.24, 2.45) is 0 Å². The first-order valence-electron chi connectivity index (χ1n) is 10.7. The molecule has 0 aliphatic carbocycles. The minimum Gasteiger partial charge on any atom is -0.490 e. The van der Waals surface area contributed by atoms with Gasteiger partial charge in [0.1, 0.15) is 11.9 Å². The fourth-order valence-electron chi connectivity index (χ4n) is 3.77. The topological polar surface area (TPSA) is 95.9 Å². The average molecular weight is 515 g/mol. The zero-order valence-corrected chi connectivity index (χ0v) is 20.7. The van der Waals surface area contributed by atoms with Gasteiger partial charge in [0, 0.05) is 38.5 Å². The number of nitrogens with zero attached hydrogens (tertiary/aromatic N) is 1. The summed E-state index contributed by atoms with van der Waals surface area (Å²) in [6.45, 7) is 2.32. The van der Waals surface area contributed by atoms with Crippen molar-refractivity contribution in [3.05, 3.63) is 58.1 Å². The molecule has 1 aliphatic heterocycles. The maximum Gasteiger partial charge on any atom is 0.252 e. The molecule has 2 aromatic rings. The van der Waals surface area contributed by atoms with Crippen molar-refractivity contribution in [3.63, 3.8) is 0 Å². The monoisotopic (exact) mass is 514 g/mol. The summed E-state index contributed by atoms with van der Waals surface area (Å²) in [5.74, 6) is 0.222. The van der Waals surface area contributed by atoms with Gasteiger partial charge in [0.15, 0.2) is 9.84 Å². The predicted molar refractivity (Wildman–Crippen MR) is 129 cm³/mol. The van der Waals surface area contributed by atoms with Crippen molar-refractivity contribution < 1.29 is 23.1 Å². The highest BCUT2D eigenvalue weighted by atomic mass is 35.5. The summed E-state index contributed by atoms with van der Waals surface area (Å²) in [4.78, 5) is 14.6. The van der Waals surface area contributed by atoms with Crippen molar-refractivity contribution in [2.75, 3.05) is 32.4 Å². The smallest absolute Gasteiger partial charge is 0.252 e. The fourth-order valence-corrected chi connectivity index (χ4v) is 4.94. The van der Waals surface area contributed by atoms with Crippen LogP contribution in [-0.2, 0) is 9.84 Å². The molecule has 2 N–H and O–H groups in total. The first kappa shape index (κ1) is 25.8. The molecule has 1 saturated heterocycles. The number of sulfone groups is 1. The number of benzene rings is 2. The van der Waals surface area contributed by atoms with Gasteiger partial charge in [-0.2, -0.15) is 0 Å². The molecule has 0 aromatic heterocycles. The fraction of sp³-hybridized carbons (Fsp3) is 0.435. The van der Waals surface area contributed by atoms with E-state index in [1.54, 1.807) is 30.3 Å². The SMILES string of the molecule is CS(=O)(=O)c1ccccc1C(=O)NCCC(O)CN1CCC(Oc2ccc(Cl)c(Cl)c2)CC1. The Morgan fingerprint density at radius 3 is 2.55 bits per heavy atom. The standard InChI is InChI=1S/C23H28Cl2N2O5S/c1-33(30,31)22-5-3-2-4-19(22)23(29)26-11-8-16(28)15-27-12-9-17(10-13-27)32-18-6-7-20(24)21(25)14-18/h2-7,14,16-17,28H,8-13,15H2,1H3,(H,26,29). The minimum atomic E-state index is -3.51. The van der Waals surface area contributed by atoms with Gasteiger partial charge in [0.2, 0.25) is 0 Å². The van der Waals surface area contributed by atoms with Crippen LogP contribution in [0.25, 0.3) is 0 Å². The summed E-state index contributed by atoms with van der Waals surface area (Å²) >= 11 is 12.0. The van der Waals surface area contributed by atoms with E-state index in [-0.39, 0.29) is 23.1 Å². The van der Waals surface area contributed by atoms with Crippen LogP contribution in [0.1, 0.15) is 29.6 Å². The van der Waals surface area contributed by atoms with E-state index >= 15 is 0 Å². The highest BCUT2D eigenvalue weighted by Gasteiger charge is 2.23. The van der Waals surface area contributed by atoms with Crippen LogP contribution < -0.4 is 10.1 Å². The lowest BCUT2D eigenvalue weighted by Gasteiger charge is -2.33. The van der Waals surface area contributed by atoms with Gasteiger partial charge in [-0.15, -0.1) is 0 Å². The predicted octanol–water partition coefficient (Wildman–Crippen LogP) is 3.42. The van der Waals surface area contributed by atoms with Crippen molar-refractivity contribution in [1.29, 1.82) is 0 Å². The summed E-state index contributed by atoms with van der Waals surface area (Å²) in [5, 5.41) is 14.0. The number of likely N-dealkylation sites (tertiary alicyclic amines) is 1. The number of aliphatic hydroxyl groups is 1. The first-order chi connectivity index (χ1) is 15.6. The van der Waals surface area contributed by atoms with Crippen LogP contribution >= 0.6 is 23.2 Å². The third-order valence-corrected chi connectivity index (χ3v) is 7.39. The molecular formula is C23H28Cl2N2O5S. The molecule has 0 bridgehead atoms. The molecular weight excluding hydrogens is 487 g/mol. The Hall–Kier alpha value is -1.84. The second kappa shape index (κ2) is 11.5. The van der Waals surface area contributed by atoms with E-state index in [9.17, 15) is 18.3 Å². The molecule has 180 valence electrons. The Morgan fingerprint density at radius 2 is 1.88 bits per heavy atom. The summed E-state index contributed by atoms with van der Waals surface area (Å²) in [6, 6.07) is 11.3. The molecule has 10 heteroatoms. The lowest BCUT2D eigenvalue weighted by atomic mass is 10.1. The van der Waals surface area contributed by atoms with Crippen LogP contribution in [0.3, 0.4) is 0 Å². The van der Waals surface area contributed by atoms with E-state index in [2.05, 4.69) is 10.2 Å². The van der Waals surface area contributed by atoms with Gasteiger partial charge in [-0.1, -0.05) is 35.3 Å². The Balaban J connectivity index is 1.39. The lowest BCUT2D eigenvalue weighted by Crippen LogP contribution is -2.42. The van der Waals surface area contributed by atoms with Crippen molar-refractivity contribution in [1.82, 2.24) is 10.2 Å². The van der Waals surface area contributed by atoms with Crippen molar-refractivity contribution >= 4 is 38.9 Å². The highest BCUT2D eigenvalue weighted by molar-refractivity contribution is 7.90. The summed E-state index contributed by atoms with van der Waals surface area (Å²) in [5.41, 5.74) is 0.110. The van der Waals surface area contributed by atoms with Gasteiger partial charge in [-0.25, -0.2) is 8.42 Å². The number of nitrogens with one attached hydrogen (secondary N) is 1. The van der Waals surface area contributed by atoms with E-state index in [4.69, 9.17) is 27.9 Å². The average Bonchev–Trinajstić information content (AvgIpc) is 2.77. The quantitative estimate of drug-likeness (QED) is 0.532.